The number of nitrogens with two attached hydrogens (primary N) is 1. The molecule has 0 amide bonds. The van der Waals surface area contributed by atoms with Crippen molar-refractivity contribution in [1.29, 1.82) is 0 Å². The zero-order valence-corrected chi connectivity index (χ0v) is 16.4. The number of para-hydroxylation sites is 1. The lowest BCUT2D eigenvalue weighted by molar-refractivity contribution is 0.859. The molecule has 1 fully saturated rings. The molecular weight excluding hydrogens is 360 g/mol. The molecule has 1 aliphatic rings. The van der Waals surface area contributed by atoms with E-state index in [2.05, 4.69) is 20.3 Å². The third-order valence-corrected chi connectivity index (χ3v) is 5.16. The van der Waals surface area contributed by atoms with Gasteiger partial charge >= 0.3 is 0 Å². The van der Waals surface area contributed by atoms with Crippen molar-refractivity contribution in [2.45, 2.75) is 36.2 Å². The molecule has 2 heterocycles. The minimum absolute atomic E-state index is 0.0658. The van der Waals surface area contributed by atoms with Crippen molar-refractivity contribution in [3.05, 3.63) is 30.1 Å². The summed E-state index contributed by atoms with van der Waals surface area (Å²) in [4.78, 5) is 24.2. The summed E-state index contributed by atoms with van der Waals surface area (Å²) in [6, 6.07) is 8.58. The van der Waals surface area contributed by atoms with Crippen LogP contribution in [0.1, 0.15) is 30.8 Å². The van der Waals surface area contributed by atoms with E-state index >= 15 is 0 Å². The molecule has 1 atom stereocenters. The van der Waals surface area contributed by atoms with Gasteiger partial charge in [-0.3, -0.25) is 0 Å². The summed E-state index contributed by atoms with van der Waals surface area (Å²) >= 11 is 1.51. The fourth-order valence-electron chi connectivity index (χ4n) is 2.63. The van der Waals surface area contributed by atoms with E-state index in [0.29, 0.717) is 23.0 Å². The van der Waals surface area contributed by atoms with E-state index < -0.39 is 0 Å². The van der Waals surface area contributed by atoms with Gasteiger partial charge in [0, 0.05) is 25.5 Å². The van der Waals surface area contributed by atoms with Crippen LogP contribution in [0.5, 0.6) is 0 Å². The fourth-order valence-corrected chi connectivity index (χ4v) is 3.45. The largest absolute Gasteiger partial charge is 0.368 e. The predicted molar refractivity (Wildman–Crippen MR) is 109 cm³/mol. The van der Waals surface area contributed by atoms with E-state index in [-0.39, 0.29) is 11.2 Å². The van der Waals surface area contributed by atoms with Crippen LogP contribution in [0.15, 0.2) is 29.4 Å². The third kappa shape index (κ3) is 4.02. The van der Waals surface area contributed by atoms with Crippen molar-refractivity contribution in [3.8, 4) is 0 Å². The lowest BCUT2D eigenvalue weighted by atomic mass is 10.2. The van der Waals surface area contributed by atoms with E-state index in [1.54, 1.807) is 0 Å². The van der Waals surface area contributed by atoms with Crippen molar-refractivity contribution >= 4 is 40.4 Å². The molecule has 3 aromatic rings. The first-order valence-electron chi connectivity index (χ1n) is 8.88. The van der Waals surface area contributed by atoms with Gasteiger partial charge in [0.25, 0.3) is 0 Å². The van der Waals surface area contributed by atoms with Crippen molar-refractivity contribution < 1.29 is 0 Å². The topological polar surface area (TPSA) is 106 Å². The van der Waals surface area contributed by atoms with Crippen molar-refractivity contribution in [2.24, 2.45) is 0 Å². The van der Waals surface area contributed by atoms with Crippen LogP contribution in [0.2, 0.25) is 0 Å². The number of nitrogens with zero attached hydrogens (tertiary/aromatic N) is 6. The molecule has 2 aromatic heterocycles. The maximum atomic E-state index is 5.85. The number of nitrogen functional groups attached to an aromatic ring is 1. The lowest BCUT2D eigenvalue weighted by Crippen LogP contribution is -2.16. The van der Waals surface area contributed by atoms with Gasteiger partial charge in [0.05, 0.1) is 10.8 Å². The molecule has 8 nitrogen and oxygen atoms in total. The molecule has 9 heteroatoms. The molecule has 0 spiro atoms. The summed E-state index contributed by atoms with van der Waals surface area (Å²) in [7, 11) is 3.75. The molecule has 140 valence electrons. The van der Waals surface area contributed by atoms with Gasteiger partial charge in [0.2, 0.25) is 11.9 Å². The Bertz CT molecular complexity index is 973. The molecule has 0 saturated heterocycles. The van der Waals surface area contributed by atoms with E-state index in [0.717, 1.165) is 16.7 Å². The van der Waals surface area contributed by atoms with Crippen LogP contribution in [0, 0.1) is 0 Å². The molecule has 1 aliphatic carbocycles. The summed E-state index contributed by atoms with van der Waals surface area (Å²) in [5.41, 5.74) is 6.77. The number of hydrogen-bond acceptors (Lipinski definition) is 9. The van der Waals surface area contributed by atoms with E-state index in [4.69, 9.17) is 15.7 Å². The number of hydrogen-bond donors (Lipinski definition) is 2. The average Bonchev–Trinajstić information content (AvgIpc) is 3.45. The van der Waals surface area contributed by atoms with Crippen LogP contribution < -0.4 is 16.0 Å². The smallest absolute Gasteiger partial charge is 0.229 e. The first-order valence-corrected chi connectivity index (χ1v) is 9.76. The second-order valence-electron chi connectivity index (χ2n) is 6.80. The molecule has 1 aromatic carbocycles. The number of thioether (sulfide) groups is 1. The molecule has 0 radical (unpaired) electrons. The van der Waals surface area contributed by atoms with Gasteiger partial charge in [-0.1, -0.05) is 23.9 Å². The summed E-state index contributed by atoms with van der Waals surface area (Å²) < 4.78 is 0. The molecule has 27 heavy (non-hydrogen) atoms. The maximum Gasteiger partial charge on any atom is 0.229 e. The number of aromatic nitrogens is 5. The lowest BCUT2D eigenvalue weighted by Gasteiger charge is -2.15. The van der Waals surface area contributed by atoms with Gasteiger partial charge < -0.3 is 16.0 Å². The van der Waals surface area contributed by atoms with Crippen molar-refractivity contribution in [2.75, 3.05) is 30.0 Å². The second kappa shape index (κ2) is 7.15. The van der Waals surface area contributed by atoms with Crippen LogP contribution in [-0.2, 0) is 0 Å². The van der Waals surface area contributed by atoms with Crippen LogP contribution in [0.25, 0.3) is 10.9 Å². The zero-order chi connectivity index (χ0) is 19.0. The number of fused-ring (bicyclic) bond motifs is 1. The molecule has 0 bridgehead atoms. The summed E-state index contributed by atoms with van der Waals surface area (Å²) in [6.07, 6.45) is 2.38. The second-order valence-corrected chi connectivity index (χ2v) is 8.10. The van der Waals surface area contributed by atoms with Gasteiger partial charge in [-0.05, 0) is 31.9 Å². The van der Waals surface area contributed by atoms with E-state index in [1.165, 1.54) is 24.6 Å². The summed E-state index contributed by atoms with van der Waals surface area (Å²) in [5, 5.41) is 5.18. The quantitative estimate of drug-likeness (QED) is 0.491. The average molecular weight is 382 g/mol. The predicted octanol–water partition coefficient (Wildman–Crippen LogP) is 2.89. The molecule has 4 rings (SSSR count). The first kappa shape index (κ1) is 17.7. The van der Waals surface area contributed by atoms with Crippen LogP contribution in [0.3, 0.4) is 0 Å². The van der Waals surface area contributed by atoms with Crippen molar-refractivity contribution in [3.63, 3.8) is 0 Å². The standard InChI is InChI=1S/C18H22N8S/c1-10(14-22-16(19)25-17(23-14)26(2)3)27-18-21-13-7-5-4-6-12(13)15(24-18)20-11-8-9-11/h4-7,10-11H,8-9H2,1-3H3,(H,20,21,24)(H2,19,22,23,25)/t10-/m0/s1. The van der Waals surface area contributed by atoms with Gasteiger partial charge in [0.15, 0.2) is 5.16 Å². The van der Waals surface area contributed by atoms with Crippen LogP contribution >= 0.6 is 11.8 Å². The van der Waals surface area contributed by atoms with E-state index in [9.17, 15) is 0 Å². The van der Waals surface area contributed by atoms with Crippen molar-refractivity contribution in [1.82, 2.24) is 24.9 Å². The Kier molecular flexibility index (Phi) is 4.69. The maximum absolute atomic E-state index is 5.85. The number of benzene rings is 1. The Balaban J connectivity index is 1.64. The van der Waals surface area contributed by atoms with E-state index in [1.807, 2.05) is 50.2 Å². The molecule has 0 unspecified atom stereocenters. The number of nitrogens with one attached hydrogen (secondary N) is 1. The highest BCUT2D eigenvalue weighted by Crippen LogP contribution is 2.35. The first-order chi connectivity index (χ1) is 13.0. The number of anilines is 3. The summed E-state index contributed by atoms with van der Waals surface area (Å²) in [6.45, 7) is 2.02. The Morgan fingerprint density at radius 2 is 1.89 bits per heavy atom. The fraction of sp³-hybridized carbons (Fsp3) is 0.389. The number of rotatable bonds is 6. The summed E-state index contributed by atoms with van der Waals surface area (Å²) in [5.74, 6) is 2.26. The minimum atomic E-state index is -0.0658. The van der Waals surface area contributed by atoms with Gasteiger partial charge in [-0.15, -0.1) is 0 Å². The SMILES string of the molecule is C[C@H](Sc1nc(NC2CC2)c2ccccc2n1)c1nc(N)nc(N(C)C)n1. The Labute approximate surface area is 162 Å². The Morgan fingerprint density at radius 1 is 1.11 bits per heavy atom. The molecular formula is C18H22N8S. The minimum Gasteiger partial charge on any atom is -0.368 e. The molecule has 3 N–H and O–H groups in total. The van der Waals surface area contributed by atoms with Crippen LogP contribution in [0.4, 0.5) is 17.7 Å². The Hall–Kier alpha value is -2.68. The molecule has 0 aliphatic heterocycles. The third-order valence-electron chi connectivity index (χ3n) is 4.20. The Morgan fingerprint density at radius 3 is 2.63 bits per heavy atom. The normalized spacial score (nSPS) is 14.9. The van der Waals surface area contributed by atoms with Crippen LogP contribution in [-0.4, -0.2) is 45.1 Å². The highest BCUT2D eigenvalue weighted by molar-refractivity contribution is 7.99. The van der Waals surface area contributed by atoms with Gasteiger partial charge in [-0.2, -0.15) is 15.0 Å². The zero-order valence-electron chi connectivity index (χ0n) is 15.5. The highest BCUT2D eigenvalue weighted by Gasteiger charge is 2.23. The monoisotopic (exact) mass is 382 g/mol. The van der Waals surface area contributed by atoms with Gasteiger partial charge in [0.1, 0.15) is 11.6 Å². The highest BCUT2D eigenvalue weighted by atomic mass is 32.2. The van der Waals surface area contributed by atoms with Gasteiger partial charge in [-0.25, -0.2) is 9.97 Å². The molecule has 1 saturated carbocycles.